The van der Waals surface area contributed by atoms with Gasteiger partial charge in [-0.05, 0) is 31.2 Å². The summed E-state index contributed by atoms with van der Waals surface area (Å²) in [6.45, 7) is 3.49. The van der Waals surface area contributed by atoms with Crippen molar-refractivity contribution in [1.29, 1.82) is 0 Å². The molecular weight excluding hydrogens is 381 g/mol. The Morgan fingerprint density at radius 3 is 2.86 bits per heavy atom. The van der Waals surface area contributed by atoms with Gasteiger partial charge in [0.25, 0.3) is 0 Å². The number of aromatic nitrogens is 2. The molecule has 6 nitrogen and oxygen atoms in total. The van der Waals surface area contributed by atoms with Gasteiger partial charge >= 0.3 is 0 Å². The van der Waals surface area contributed by atoms with Crippen LogP contribution in [0.5, 0.6) is 5.75 Å². The van der Waals surface area contributed by atoms with Crippen molar-refractivity contribution >= 4 is 34.4 Å². The van der Waals surface area contributed by atoms with Crippen LogP contribution >= 0.6 is 11.8 Å². The second-order valence-electron chi connectivity index (χ2n) is 5.95. The third-order valence-electron chi connectivity index (χ3n) is 4.03. The first-order chi connectivity index (χ1) is 13.6. The molecule has 0 aliphatic rings. The number of nitrogens with one attached hydrogen (secondary N) is 1. The summed E-state index contributed by atoms with van der Waals surface area (Å²) in [7, 11) is 1.57. The smallest absolute Gasteiger partial charge is 0.234 e. The van der Waals surface area contributed by atoms with Gasteiger partial charge in [0.15, 0.2) is 5.16 Å². The number of nitrogens with zero attached hydrogens (tertiary/aromatic N) is 2. The van der Waals surface area contributed by atoms with Crippen LogP contribution in [-0.4, -0.2) is 41.5 Å². The Morgan fingerprint density at radius 1 is 1.25 bits per heavy atom. The summed E-state index contributed by atoms with van der Waals surface area (Å²) < 4.78 is 26.2. The van der Waals surface area contributed by atoms with Crippen LogP contribution in [-0.2, 0) is 16.1 Å². The van der Waals surface area contributed by atoms with E-state index >= 15 is 0 Å². The third-order valence-corrected chi connectivity index (χ3v) is 5.01. The molecule has 8 heteroatoms. The first-order valence-electron chi connectivity index (χ1n) is 8.91. The number of carbonyl (C=O) groups excluding carboxylic acids is 1. The minimum absolute atomic E-state index is 0.150. The monoisotopic (exact) mass is 403 g/mol. The molecule has 1 amide bonds. The summed E-state index contributed by atoms with van der Waals surface area (Å²) in [6, 6.07) is 11.9. The predicted molar refractivity (Wildman–Crippen MR) is 109 cm³/mol. The number of aryl methyl sites for hydroxylation is 1. The van der Waals surface area contributed by atoms with Crippen LogP contribution in [0, 0.1) is 5.82 Å². The number of methoxy groups -OCH3 is 1. The molecule has 0 saturated heterocycles. The maximum Gasteiger partial charge on any atom is 0.234 e. The average molecular weight is 403 g/mol. The van der Waals surface area contributed by atoms with E-state index < -0.39 is 5.82 Å². The van der Waals surface area contributed by atoms with E-state index in [1.807, 2.05) is 31.2 Å². The molecule has 1 N–H and O–H groups in total. The molecule has 0 radical (unpaired) electrons. The molecule has 0 spiro atoms. The second kappa shape index (κ2) is 9.57. The van der Waals surface area contributed by atoms with Gasteiger partial charge in [-0.25, -0.2) is 9.37 Å². The Kier molecular flexibility index (Phi) is 6.89. The highest BCUT2D eigenvalue weighted by Crippen LogP contribution is 2.27. The van der Waals surface area contributed by atoms with Crippen LogP contribution in [0.2, 0.25) is 0 Å². The zero-order valence-electron chi connectivity index (χ0n) is 15.8. The number of thioether (sulfide) groups is 1. The molecule has 3 rings (SSSR count). The summed E-state index contributed by atoms with van der Waals surface area (Å²) in [5.74, 6) is -0.161. The number of hydrogen-bond donors (Lipinski definition) is 1. The van der Waals surface area contributed by atoms with Gasteiger partial charge in [-0.2, -0.15) is 0 Å². The number of rotatable bonds is 9. The lowest BCUT2D eigenvalue weighted by Gasteiger charge is -2.12. The first-order valence-corrected chi connectivity index (χ1v) is 9.90. The third kappa shape index (κ3) is 4.82. The summed E-state index contributed by atoms with van der Waals surface area (Å²) >= 11 is 1.34. The Hall–Kier alpha value is -2.58. The molecule has 1 aromatic heterocycles. The molecule has 148 valence electrons. The summed E-state index contributed by atoms with van der Waals surface area (Å²) in [5, 5.41) is 3.49. The van der Waals surface area contributed by atoms with E-state index in [4.69, 9.17) is 9.47 Å². The quantitative estimate of drug-likeness (QED) is 0.433. The van der Waals surface area contributed by atoms with E-state index in [1.54, 1.807) is 7.11 Å². The zero-order valence-corrected chi connectivity index (χ0v) is 16.6. The molecule has 0 atom stereocenters. The highest BCUT2D eigenvalue weighted by atomic mass is 32.2. The fraction of sp³-hybridized carbons (Fsp3) is 0.300. The lowest BCUT2D eigenvalue weighted by Crippen LogP contribution is -2.16. The van der Waals surface area contributed by atoms with Crippen molar-refractivity contribution in [2.75, 3.05) is 31.4 Å². The molecular formula is C20H22FN3O3S. The Labute approximate surface area is 167 Å². The molecule has 0 fully saturated rings. The standard InChI is InChI=1S/C20H22FN3O3S/c1-3-24-17-7-5-4-6-15(17)23-20(24)28-13-19(25)22-16-12-14(21)8-9-18(16)27-11-10-26-2/h4-9,12H,3,10-11,13H2,1-2H3,(H,22,25). The van der Waals surface area contributed by atoms with Gasteiger partial charge in [-0.1, -0.05) is 23.9 Å². The van der Waals surface area contributed by atoms with Crippen LogP contribution in [0.3, 0.4) is 0 Å². The molecule has 0 saturated carbocycles. The molecule has 0 bridgehead atoms. The van der Waals surface area contributed by atoms with Crippen LogP contribution in [0.4, 0.5) is 10.1 Å². The van der Waals surface area contributed by atoms with E-state index in [9.17, 15) is 9.18 Å². The molecule has 0 aliphatic heterocycles. The molecule has 0 unspecified atom stereocenters. The molecule has 1 heterocycles. The molecule has 3 aromatic rings. The van der Waals surface area contributed by atoms with Crippen LogP contribution < -0.4 is 10.1 Å². The first kappa shape index (κ1) is 20.2. The number of ether oxygens (including phenoxy) is 2. The van der Waals surface area contributed by atoms with Gasteiger partial charge in [-0.3, -0.25) is 4.79 Å². The Morgan fingerprint density at radius 2 is 2.07 bits per heavy atom. The summed E-state index contributed by atoms with van der Waals surface area (Å²) in [5.41, 5.74) is 2.23. The van der Waals surface area contributed by atoms with Gasteiger partial charge in [-0.15, -0.1) is 0 Å². The summed E-state index contributed by atoms with van der Waals surface area (Å²) in [6.07, 6.45) is 0. The van der Waals surface area contributed by atoms with Gasteiger partial charge in [0.2, 0.25) is 5.91 Å². The van der Waals surface area contributed by atoms with E-state index in [-0.39, 0.29) is 11.7 Å². The van der Waals surface area contributed by atoms with Crippen molar-refractivity contribution in [3.8, 4) is 5.75 Å². The highest BCUT2D eigenvalue weighted by molar-refractivity contribution is 7.99. The van der Waals surface area contributed by atoms with Crippen LogP contribution in [0.1, 0.15) is 6.92 Å². The number of para-hydroxylation sites is 2. The molecule has 2 aromatic carbocycles. The predicted octanol–water partition coefficient (Wildman–Crippen LogP) is 3.95. The van der Waals surface area contributed by atoms with Crippen molar-refractivity contribution < 1.29 is 18.7 Å². The maximum absolute atomic E-state index is 13.6. The van der Waals surface area contributed by atoms with E-state index in [0.29, 0.717) is 24.7 Å². The fourth-order valence-electron chi connectivity index (χ4n) is 2.75. The normalized spacial score (nSPS) is 11.0. The SMILES string of the molecule is CCn1c(SCC(=O)Nc2cc(F)ccc2OCCOC)nc2ccccc21. The number of amides is 1. The Bertz CT molecular complexity index is 961. The number of imidazole rings is 1. The maximum atomic E-state index is 13.6. The van der Waals surface area contributed by atoms with Crippen molar-refractivity contribution in [2.24, 2.45) is 0 Å². The van der Waals surface area contributed by atoms with Crippen LogP contribution in [0.25, 0.3) is 11.0 Å². The van der Waals surface area contributed by atoms with Crippen molar-refractivity contribution in [1.82, 2.24) is 9.55 Å². The summed E-state index contributed by atoms with van der Waals surface area (Å²) in [4.78, 5) is 17.0. The minimum Gasteiger partial charge on any atom is -0.489 e. The minimum atomic E-state index is -0.449. The van der Waals surface area contributed by atoms with Crippen molar-refractivity contribution in [3.63, 3.8) is 0 Å². The topological polar surface area (TPSA) is 65.4 Å². The lowest BCUT2D eigenvalue weighted by molar-refractivity contribution is -0.113. The second-order valence-corrected chi connectivity index (χ2v) is 6.89. The molecule has 0 aliphatic carbocycles. The number of fused-ring (bicyclic) bond motifs is 1. The Balaban J connectivity index is 1.67. The van der Waals surface area contributed by atoms with Gasteiger partial charge in [0.1, 0.15) is 18.2 Å². The van der Waals surface area contributed by atoms with E-state index in [0.717, 1.165) is 22.7 Å². The van der Waals surface area contributed by atoms with Crippen molar-refractivity contribution in [2.45, 2.75) is 18.6 Å². The lowest BCUT2D eigenvalue weighted by atomic mass is 10.3. The number of halogens is 1. The van der Waals surface area contributed by atoms with Gasteiger partial charge < -0.3 is 19.4 Å². The number of benzene rings is 2. The van der Waals surface area contributed by atoms with Gasteiger partial charge in [0.05, 0.1) is 29.1 Å². The van der Waals surface area contributed by atoms with Crippen LogP contribution in [0.15, 0.2) is 47.6 Å². The van der Waals surface area contributed by atoms with E-state index in [2.05, 4.69) is 14.9 Å². The zero-order chi connectivity index (χ0) is 19.9. The number of carbonyl (C=O) groups is 1. The fourth-order valence-corrected chi connectivity index (χ4v) is 3.62. The molecule has 28 heavy (non-hydrogen) atoms. The van der Waals surface area contributed by atoms with E-state index in [1.165, 1.54) is 30.0 Å². The largest absolute Gasteiger partial charge is 0.489 e. The highest BCUT2D eigenvalue weighted by Gasteiger charge is 2.14. The average Bonchev–Trinajstić information content (AvgIpc) is 3.05. The number of hydrogen-bond acceptors (Lipinski definition) is 5. The number of anilines is 1. The van der Waals surface area contributed by atoms with Crippen molar-refractivity contribution in [3.05, 3.63) is 48.3 Å². The van der Waals surface area contributed by atoms with Gasteiger partial charge in [0, 0.05) is 19.7 Å².